The van der Waals surface area contributed by atoms with E-state index in [1.165, 1.54) is 24.3 Å². The van der Waals surface area contributed by atoms with Gasteiger partial charge < -0.3 is 0 Å². The Hall–Kier alpha value is -2.41. The lowest BCUT2D eigenvalue weighted by atomic mass is 9.93. The van der Waals surface area contributed by atoms with Gasteiger partial charge in [-0.1, -0.05) is 40.2 Å². The van der Waals surface area contributed by atoms with Crippen molar-refractivity contribution in [3.8, 4) is 0 Å². The van der Waals surface area contributed by atoms with Crippen LogP contribution in [0.25, 0.3) is 11.1 Å². The monoisotopic (exact) mass is 390 g/mol. The Balaban J connectivity index is 2.28. The molecule has 0 saturated heterocycles. The number of halogens is 3. The standard InChI is InChI=1S/C17H13BrF2N4/c1-24-17(21-22-23-24)15(10-18)16(11-2-6-13(19)7-3-11)12-4-8-14(20)9-5-12/h2-9H,10H2,1H3. The SMILES string of the molecule is Cn1nnnc1C(CBr)=C(c1ccc(F)cc1)c1ccc(F)cc1. The summed E-state index contributed by atoms with van der Waals surface area (Å²) >= 11 is 3.48. The molecule has 24 heavy (non-hydrogen) atoms. The van der Waals surface area contributed by atoms with E-state index in [9.17, 15) is 8.78 Å². The highest BCUT2D eigenvalue weighted by Crippen LogP contribution is 2.32. The molecule has 0 aliphatic carbocycles. The highest BCUT2D eigenvalue weighted by molar-refractivity contribution is 9.09. The molecule has 0 N–H and O–H groups in total. The summed E-state index contributed by atoms with van der Waals surface area (Å²) in [5.41, 5.74) is 3.21. The molecule has 3 rings (SSSR count). The number of tetrazole rings is 1. The van der Waals surface area contributed by atoms with E-state index in [1.807, 2.05) is 0 Å². The van der Waals surface area contributed by atoms with Crippen LogP contribution in [0.1, 0.15) is 17.0 Å². The van der Waals surface area contributed by atoms with Crippen LogP contribution < -0.4 is 0 Å². The highest BCUT2D eigenvalue weighted by Gasteiger charge is 2.17. The van der Waals surface area contributed by atoms with Crippen molar-refractivity contribution in [3.63, 3.8) is 0 Å². The molecule has 1 aromatic heterocycles. The number of aromatic nitrogens is 4. The fourth-order valence-electron chi connectivity index (χ4n) is 2.47. The number of benzene rings is 2. The zero-order valence-corrected chi connectivity index (χ0v) is 14.3. The summed E-state index contributed by atoms with van der Waals surface area (Å²) in [5.74, 6) is -0.0635. The van der Waals surface area contributed by atoms with Gasteiger partial charge in [0.2, 0.25) is 0 Å². The predicted molar refractivity (Wildman–Crippen MR) is 91.3 cm³/mol. The second kappa shape index (κ2) is 7.00. The normalized spacial score (nSPS) is 10.7. The molecule has 0 aliphatic heterocycles. The first kappa shape index (κ1) is 16.4. The number of rotatable bonds is 4. The van der Waals surface area contributed by atoms with Crippen LogP contribution in [0.5, 0.6) is 0 Å². The minimum absolute atomic E-state index is 0.321. The Labute approximate surface area is 145 Å². The van der Waals surface area contributed by atoms with Crippen molar-refractivity contribution in [1.29, 1.82) is 0 Å². The van der Waals surface area contributed by atoms with Crippen LogP contribution in [0.15, 0.2) is 48.5 Å². The number of nitrogens with zero attached hydrogens (tertiary/aromatic N) is 4. The van der Waals surface area contributed by atoms with Crippen LogP contribution in [-0.2, 0) is 7.05 Å². The zero-order chi connectivity index (χ0) is 17.1. The molecule has 0 fully saturated rings. The summed E-state index contributed by atoms with van der Waals surface area (Å²) < 4.78 is 28.2. The van der Waals surface area contributed by atoms with E-state index in [1.54, 1.807) is 36.0 Å². The molecular formula is C17H13BrF2N4. The zero-order valence-electron chi connectivity index (χ0n) is 12.7. The minimum atomic E-state index is -0.321. The van der Waals surface area contributed by atoms with Crippen LogP contribution in [0, 0.1) is 11.6 Å². The van der Waals surface area contributed by atoms with Gasteiger partial charge in [0.05, 0.1) is 0 Å². The minimum Gasteiger partial charge on any atom is -0.229 e. The highest BCUT2D eigenvalue weighted by atomic mass is 79.9. The quantitative estimate of drug-likeness (QED) is 0.635. The summed E-state index contributed by atoms with van der Waals surface area (Å²) in [6.07, 6.45) is 0. The van der Waals surface area contributed by atoms with E-state index < -0.39 is 0 Å². The van der Waals surface area contributed by atoms with Gasteiger partial charge in [0.1, 0.15) is 11.6 Å². The smallest absolute Gasteiger partial charge is 0.179 e. The molecule has 1 heterocycles. The van der Waals surface area contributed by atoms with E-state index in [0.29, 0.717) is 11.2 Å². The molecule has 7 heteroatoms. The Kier molecular flexibility index (Phi) is 4.80. The Morgan fingerprint density at radius 1 is 0.958 bits per heavy atom. The van der Waals surface area contributed by atoms with E-state index in [4.69, 9.17) is 0 Å². The lowest BCUT2D eigenvalue weighted by molar-refractivity contribution is 0.627. The van der Waals surface area contributed by atoms with Crippen LogP contribution in [0.2, 0.25) is 0 Å². The molecule has 0 atom stereocenters. The summed E-state index contributed by atoms with van der Waals surface area (Å²) in [6.45, 7) is 0. The molecule has 122 valence electrons. The third kappa shape index (κ3) is 3.26. The van der Waals surface area contributed by atoms with E-state index in [0.717, 1.165) is 22.3 Å². The van der Waals surface area contributed by atoms with Gasteiger partial charge in [-0.2, -0.15) is 0 Å². The molecule has 0 unspecified atom stereocenters. The Morgan fingerprint density at radius 2 is 1.46 bits per heavy atom. The van der Waals surface area contributed by atoms with Crippen LogP contribution in [0.4, 0.5) is 8.78 Å². The second-order valence-corrected chi connectivity index (χ2v) is 5.69. The topological polar surface area (TPSA) is 43.6 Å². The van der Waals surface area contributed by atoms with E-state index >= 15 is 0 Å². The van der Waals surface area contributed by atoms with E-state index in [2.05, 4.69) is 31.5 Å². The largest absolute Gasteiger partial charge is 0.229 e. The van der Waals surface area contributed by atoms with Crippen molar-refractivity contribution in [2.45, 2.75) is 0 Å². The third-order valence-electron chi connectivity index (χ3n) is 3.59. The summed E-state index contributed by atoms with van der Waals surface area (Å²) in [5, 5.41) is 12.1. The fourth-order valence-corrected chi connectivity index (χ4v) is 3.00. The van der Waals surface area contributed by atoms with Crippen molar-refractivity contribution in [2.75, 3.05) is 5.33 Å². The first-order chi connectivity index (χ1) is 11.6. The van der Waals surface area contributed by atoms with Crippen LogP contribution >= 0.6 is 15.9 Å². The average molecular weight is 391 g/mol. The Morgan fingerprint density at radius 3 is 1.83 bits per heavy atom. The van der Waals surface area contributed by atoms with Crippen molar-refractivity contribution >= 4 is 27.1 Å². The number of allylic oxidation sites excluding steroid dienone is 1. The summed E-state index contributed by atoms with van der Waals surface area (Å²) in [7, 11) is 1.74. The van der Waals surface area contributed by atoms with Crippen LogP contribution in [-0.4, -0.2) is 25.5 Å². The average Bonchev–Trinajstić information content (AvgIpc) is 3.01. The molecule has 0 bridgehead atoms. The molecule has 3 aromatic rings. The third-order valence-corrected chi connectivity index (χ3v) is 4.15. The van der Waals surface area contributed by atoms with Crippen molar-refractivity contribution < 1.29 is 8.78 Å². The van der Waals surface area contributed by atoms with Crippen molar-refractivity contribution in [3.05, 3.63) is 77.1 Å². The molecular weight excluding hydrogens is 378 g/mol. The maximum absolute atomic E-state index is 13.3. The van der Waals surface area contributed by atoms with Gasteiger partial charge in [-0.05, 0) is 51.4 Å². The molecule has 0 saturated carbocycles. The van der Waals surface area contributed by atoms with E-state index in [-0.39, 0.29) is 11.6 Å². The fraction of sp³-hybridized carbons (Fsp3) is 0.118. The van der Waals surface area contributed by atoms with Crippen molar-refractivity contribution in [2.24, 2.45) is 7.05 Å². The second-order valence-electron chi connectivity index (χ2n) is 5.13. The van der Waals surface area contributed by atoms with Gasteiger partial charge in [-0.25, -0.2) is 13.5 Å². The number of aryl methyl sites for hydroxylation is 1. The van der Waals surface area contributed by atoms with Crippen molar-refractivity contribution in [1.82, 2.24) is 20.2 Å². The summed E-state index contributed by atoms with van der Waals surface area (Å²) in [6, 6.07) is 12.3. The van der Waals surface area contributed by atoms with Gasteiger partial charge >= 0.3 is 0 Å². The van der Waals surface area contributed by atoms with Gasteiger partial charge in [0, 0.05) is 18.0 Å². The molecule has 2 aromatic carbocycles. The first-order valence-electron chi connectivity index (χ1n) is 7.14. The predicted octanol–water partition coefficient (Wildman–Crippen LogP) is 3.84. The molecule has 0 amide bonds. The maximum atomic E-state index is 13.3. The van der Waals surface area contributed by atoms with Gasteiger partial charge in [0.15, 0.2) is 5.82 Å². The summed E-state index contributed by atoms with van der Waals surface area (Å²) in [4.78, 5) is 0. The molecule has 0 spiro atoms. The lowest BCUT2D eigenvalue weighted by Gasteiger charge is -2.14. The molecule has 0 radical (unpaired) electrons. The Bertz CT molecular complexity index is 823. The van der Waals surface area contributed by atoms with Gasteiger partial charge in [-0.15, -0.1) is 5.10 Å². The maximum Gasteiger partial charge on any atom is 0.179 e. The number of hydrogen-bond donors (Lipinski definition) is 0. The molecule has 4 nitrogen and oxygen atoms in total. The molecule has 0 aliphatic rings. The lowest BCUT2D eigenvalue weighted by Crippen LogP contribution is -2.04. The first-order valence-corrected chi connectivity index (χ1v) is 8.26. The number of hydrogen-bond acceptors (Lipinski definition) is 3. The van der Waals surface area contributed by atoms with Crippen LogP contribution in [0.3, 0.4) is 0 Å². The van der Waals surface area contributed by atoms with Gasteiger partial charge in [0.25, 0.3) is 0 Å². The van der Waals surface area contributed by atoms with Gasteiger partial charge in [-0.3, -0.25) is 0 Å². The number of alkyl halides is 1.